The summed E-state index contributed by atoms with van der Waals surface area (Å²) in [5, 5.41) is 0. The average Bonchev–Trinajstić information content (AvgIpc) is 3.48. The molecule has 0 N–H and O–H groups in total. The van der Waals surface area contributed by atoms with E-state index in [9.17, 15) is 0 Å². The molecule has 0 amide bonds. The minimum absolute atomic E-state index is 0.312. The van der Waals surface area contributed by atoms with Gasteiger partial charge in [-0.2, -0.15) is 0 Å². The van der Waals surface area contributed by atoms with E-state index >= 15 is 0 Å². The van der Waals surface area contributed by atoms with Gasteiger partial charge in [0, 0.05) is 26.4 Å². The van der Waals surface area contributed by atoms with E-state index in [1.807, 2.05) is 0 Å². The molecule has 0 aromatic rings. The van der Waals surface area contributed by atoms with Crippen LogP contribution >= 0.6 is 0 Å². The van der Waals surface area contributed by atoms with Crippen LogP contribution in [0.3, 0.4) is 0 Å². The normalized spacial score (nSPS) is 29.4. The second-order valence-electron chi connectivity index (χ2n) is 6.96. The summed E-state index contributed by atoms with van der Waals surface area (Å²) in [6.45, 7) is 9.57. The lowest BCUT2D eigenvalue weighted by Crippen LogP contribution is -2.42. The Labute approximate surface area is 151 Å². The maximum Gasteiger partial charge on any atom is 0.199 e. The molecule has 0 saturated carbocycles. The van der Waals surface area contributed by atoms with Gasteiger partial charge in [0.1, 0.15) is 18.3 Å². The fourth-order valence-electron chi connectivity index (χ4n) is 2.81. The molecule has 7 nitrogen and oxygen atoms in total. The molecule has 0 bridgehead atoms. The van der Waals surface area contributed by atoms with Crippen molar-refractivity contribution in [3.8, 4) is 0 Å². The summed E-state index contributed by atoms with van der Waals surface area (Å²) in [5.74, 6) is 0. The molecule has 3 aliphatic rings. The first-order valence-corrected chi connectivity index (χ1v) is 12.0. The Hall–Kier alpha value is -0.0631. The van der Waals surface area contributed by atoms with Gasteiger partial charge < -0.3 is 32.8 Å². The van der Waals surface area contributed by atoms with Crippen LogP contribution in [0.25, 0.3) is 0 Å². The van der Waals surface area contributed by atoms with Crippen LogP contribution in [0.4, 0.5) is 0 Å². The van der Waals surface area contributed by atoms with Gasteiger partial charge in [0.15, 0.2) is 8.32 Å². The van der Waals surface area contributed by atoms with E-state index in [2.05, 4.69) is 6.92 Å². The summed E-state index contributed by atoms with van der Waals surface area (Å²) >= 11 is 0. The zero-order valence-electron chi connectivity index (χ0n) is 15.3. The van der Waals surface area contributed by atoms with Crippen molar-refractivity contribution in [3.05, 3.63) is 0 Å². The molecule has 3 unspecified atom stereocenters. The lowest BCUT2D eigenvalue weighted by atomic mass is 10.5. The maximum absolute atomic E-state index is 6.30. The predicted molar refractivity (Wildman–Crippen MR) is 93.5 cm³/mol. The lowest BCUT2D eigenvalue weighted by Gasteiger charge is -2.31. The van der Waals surface area contributed by atoms with Crippen LogP contribution in [-0.4, -0.2) is 92.7 Å². The molecule has 3 atom stereocenters. The fourth-order valence-corrected chi connectivity index (χ4v) is 6.15. The highest BCUT2D eigenvalue weighted by Crippen LogP contribution is 2.24. The third-order valence-electron chi connectivity index (χ3n) is 4.67. The Morgan fingerprint density at radius 3 is 1.36 bits per heavy atom. The Balaban J connectivity index is 1.39. The van der Waals surface area contributed by atoms with Crippen molar-refractivity contribution in [2.24, 2.45) is 0 Å². The first kappa shape index (κ1) is 19.7. The summed E-state index contributed by atoms with van der Waals surface area (Å²) in [6.07, 6.45) is 0.936. The molecule has 25 heavy (non-hydrogen) atoms. The van der Waals surface area contributed by atoms with Crippen LogP contribution in [0.5, 0.6) is 0 Å². The van der Waals surface area contributed by atoms with E-state index in [1.54, 1.807) is 0 Å². The molecule has 0 aromatic heterocycles. The van der Waals surface area contributed by atoms with Gasteiger partial charge in [-0.05, 0) is 25.1 Å². The minimum Gasteiger partial charge on any atom is -0.417 e. The molecule has 8 heteroatoms. The Morgan fingerprint density at radius 2 is 1.08 bits per heavy atom. The number of hydrogen-bond acceptors (Lipinski definition) is 7. The summed E-state index contributed by atoms with van der Waals surface area (Å²) in [4.78, 5) is 0. The van der Waals surface area contributed by atoms with E-state index < -0.39 is 8.32 Å². The zero-order chi connectivity index (χ0) is 17.4. The molecule has 3 aliphatic heterocycles. The van der Waals surface area contributed by atoms with Crippen LogP contribution in [0.2, 0.25) is 18.1 Å². The van der Waals surface area contributed by atoms with E-state index in [-0.39, 0.29) is 0 Å². The Kier molecular flexibility index (Phi) is 8.13. The van der Waals surface area contributed by atoms with Gasteiger partial charge in [-0.25, -0.2) is 0 Å². The van der Waals surface area contributed by atoms with Crippen molar-refractivity contribution >= 4 is 8.32 Å². The van der Waals surface area contributed by atoms with Crippen molar-refractivity contribution < 1.29 is 32.8 Å². The average molecular weight is 377 g/mol. The van der Waals surface area contributed by atoms with Crippen LogP contribution in [0.1, 0.15) is 6.92 Å². The maximum atomic E-state index is 6.30. The SMILES string of the molecule is CCO[Si](CCOCC1CO1)(CCOCC1CO1)CCOCC1CO1. The summed E-state index contributed by atoms with van der Waals surface area (Å²) in [5.41, 5.74) is 0. The molecule has 146 valence electrons. The van der Waals surface area contributed by atoms with Crippen molar-refractivity contribution in [1.82, 2.24) is 0 Å². The number of ether oxygens (including phenoxy) is 6. The Morgan fingerprint density at radius 1 is 0.720 bits per heavy atom. The standard InChI is InChI=1S/C17H32O7Si/c1-2-24-25(6-3-18-9-15-12-21-15,7-4-19-10-16-13-22-16)8-5-20-11-17-14-23-17/h15-17H,2-14H2,1H3. The lowest BCUT2D eigenvalue weighted by molar-refractivity contribution is 0.110. The molecular weight excluding hydrogens is 344 g/mol. The molecule has 3 rings (SSSR count). The second kappa shape index (κ2) is 10.3. The highest BCUT2D eigenvalue weighted by molar-refractivity contribution is 6.74. The molecular formula is C17H32O7Si. The highest BCUT2D eigenvalue weighted by Gasteiger charge is 2.35. The number of hydrogen-bond donors (Lipinski definition) is 0. The molecule has 0 spiro atoms. The van der Waals surface area contributed by atoms with Gasteiger partial charge in [0.05, 0.1) is 39.6 Å². The summed E-state index contributed by atoms with van der Waals surface area (Å²) < 4.78 is 39.2. The molecule has 3 saturated heterocycles. The van der Waals surface area contributed by atoms with Crippen molar-refractivity contribution in [2.75, 3.05) is 66.1 Å². The third-order valence-corrected chi connectivity index (χ3v) is 8.92. The van der Waals surface area contributed by atoms with Crippen molar-refractivity contribution in [3.63, 3.8) is 0 Å². The van der Waals surface area contributed by atoms with Crippen molar-refractivity contribution in [2.45, 2.75) is 43.4 Å². The van der Waals surface area contributed by atoms with Gasteiger partial charge >= 0.3 is 0 Å². The third kappa shape index (κ3) is 8.44. The van der Waals surface area contributed by atoms with Gasteiger partial charge in [0.25, 0.3) is 0 Å². The van der Waals surface area contributed by atoms with E-state index in [1.165, 1.54) is 0 Å². The first-order chi connectivity index (χ1) is 12.3. The second-order valence-corrected chi connectivity index (χ2v) is 11.1. The fraction of sp³-hybridized carbons (Fsp3) is 1.00. The molecule has 3 fully saturated rings. The van der Waals surface area contributed by atoms with E-state index in [4.69, 9.17) is 32.8 Å². The summed E-state index contributed by atoms with van der Waals surface area (Å²) in [7, 11) is -1.95. The van der Waals surface area contributed by atoms with Crippen LogP contribution < -0.4 is 0 Å². The largest absolute Gasteiger partial charge is 0.417 e. The van der Waals surface area contributed by atoms with Gasteiger partial charge in [-0.15, -0.1) is 0 Å². The van der Waals surface area contributed by atoms with Crippen LogP contribution in [-0.2, 0) is 32.8 Å². The number of rotatable bonds is 17. The van der Waals surface area contributed by atoms with Gasteiger partial charge in [-0.3, -0.25) is 0 Å². The van der Waals surface area contributed by atoms with E-state index in [0.717, 1.165) is 64.4 Å². The number of epoxide rings is 3. The van der Waals surface area contributed by atoms with Crippen LogP contribution in [0.15, 0.2) is 0 Å². The van der Waals surface area contributed by atoms with Crippen LogP contribution in [0, 0.1) is 0 Å². The van der Waals surface area contributed by atoms with Crippen molar-refractivity contribution in [1.29, 1.82) is 0 Å². The quantitative estimate of drug-likeness (QED) is 0.215. The van der Waals surface area contributed by atoms with Gasteiger partial charge in [0.2, 0.25) is 0 Å². The molecule has 3 heterocycles. The molecule has 0 aromatic carbocycles. The molecule has 0 radical (unpaired) electrons. The topological polar surface area (TPSA) is 74.5 Å². The first-order valence-electron chi connectivity index (χ1n) is 9.52. The minimum atomic E-state index is -1.95. The molecule has 0 aliphatic carbocycles. The smallest absolute Gasteiger partial charge is 0.199 e. The summed E-state index contributed by atoms with van der Waals surface area (Å²) in [6, 6.07) is 2.92. The monoisotopic (exact) mass is 376 g/mol. The van der Waals surface area contributed by atoms with Gasteiger partial charge in [-0.1, -0.05) is 0 Å². The van der Waals surface area contributed by atoms with E-state index in [0.29, 0.717) is 38.1 Å². The Bertz CT molecular complexity index is 322. The zero-order valence-corrected chi connectivity index (χ0v) is 16.3. The predicted octanol–water partition coefficient (Wildman–Crippen LogP) is 1.21. The highest BCUT2D eigenvalue weighted by atomic mass is 28.4.